The third-order valence-corrected chi connectivity index (χ3v) is 4.27. The SMILES string of the molecule is [2H]c1c([2H])c([2H])c(C(=O)Cc2ncc3ccc(-c4cncn4C)cc3n2)c(Cl)c1[2H]. The average Bonchev–Trinajstić information content (AvgIpc) is 3.16. The molecule has 0 fully saturated rings. The largest absolute Gasteiger partial charge is 0.334 e. The van der Waals surface area contributed by atoms with Gasteiger partial charge in [-0.2, -0.15) is 0 Å². The van der Waals surface area contributed by atoms with E-state index in [1.165, 1.54) is 0 Å². The van der Waals surface area contributed by atoms with Crippen LogP contribution in [0.1, 0.15) is 21.7 Å². The Hall–Kier alpha value is -3.05. The highest BCUT2D eigenvalue weighted by molar-refractivity contribution is 6.34. The number of hydrogen-bond acceptors (Lipinski definition) is 4. The molecule has 0 saturated heterocycles. The van der Waals surface area contributed by atoms with Crippen LogP contribution in [0.25, 0.3) is 22.2 Å². The number of carbonyl (C=O) groups is 1. The quantitative estimate of drug-likeness (QED) is 0.510. The molecule has 0 bridgehead atoms. The van der Waals surface area contributed by atoms with E-state index in [1.807, 2.05) is 29.8 Å². The van der Waals surface area contributed by atoms with Crippen LogP contribution in [-0.4, -0.2) is 25.3 Å². The molecule has 4 aromatic rings. The molecule has 0 atom stereocenters. The third kappa shape index (κ3) is 3.09. The summed E-state index contributed by atoms with van der Waals surface area (Å²) in [6.07, 6.45) is 4.82. The second-order valence-electron chi connectivity index (χ2n) is 5.74. The average molecular weight is 367 g/mol. The maximum atomic E-state index is 12.8. The number of Topliss-reactive ketones (excluding diaryl/α,β-unsaturated/α-hetero) is 1. The number of imidazole rings is 1. The first kappa shape index (κ1) is 12.3. The van der Waals surface area contributed by atoms with E-state index >= 15 is 0 Å². The van der Waals surface area contributed by atoms with Crippen molar-refractivity contribution >= 4 is 28.3 Å². The zero-order chi connectivity index (χ0) is 21.6. The molecule has 0 aliphatic carbocycles. The minimum atomic E-state index is -0.575. The zero-order valence-electron chi connectivity index (χ0n) is 17.7. The topological polar surface area (TPSA) is 60.7 Å². The van der Waals surface area contributed by atoms with Crippen molar-refractivity contribution in [3.63, 3.8) is 0 Å². The fraction of sp³-hybridized carbons (Fsp3) is 0.100. The maximum Gasteiger partial charge on any atom is 0.171 e. The predicted molar refractivity (Wildman–Crippen MR) is 101 cm³/mol. The van der Waals surface area contributed by atoms with Crippen LogP contribution in [0.3, 0.4) is 0 Å². The van der Waals surface area contributed by atoms with E-state index in [4.69, 9.17) is 17.1 Å². The Balaban J connectivity index is 1.71. The molecule has 2 aromatic carbocycles. The van der Waals surface area contributed by atoms with Crippen molar-refractivity contribution in [1.82, 2.24) is 19.5 Å². The van der Waals surface area contributed by atoms with Gasteiger partial charge in [0.25, 0.3) is 0 Å². The summed E-state index contributed by atoms with van der Waals surface area (Å²) in [6, 6.07) is 3.80. The molecule has 6 heteroatoms. The summed E-state index contributed by atoms with van der Waals surface area (Å²) in [5.74, 6) is -0.340. The summed E-state index contributed by atoms with van der Waals surface area (Å²) in [4.78, 5) is 25.6. The lowest BCUT2D eigenvalue weighted by molar-refractivity contribution is 0.0991. The Morgan fingerprint density at radius 3 is 2.92 bits per heavy atom. The van der Waals surface area contributed by atoms with Crippen LogP contribution in [0, 0.1) is 0 Å². The lowest BCUT2D eigenvalue weighted by atomic mass is 10.1. The highest BCUT2D eigenvalue weighted by atomic mass is 35.5. The predicted octanol–water partition coefficient (Wildman–Crippen LogP) is 4.11. The smallest absolute Gasteiger partial charge is 0.171 e. The van der Waals surface area contributed by atoms with Gasteiger partial charge in [0.1, 0.15) is 5.82 Å². The molecule has 0 aliphatic rings. The molecule has 0 saturated carbocycles. The Morgan fingerprint density at radius 1 is 1.27 bits per heavy atom. The van der Waals surface area contributed by atoms with E-state index in [0.29, 0.717) is 5.52 Å². The molecule has 128 valence electrons. The van der Waals surface area contributed by atoms with Crippen LogP contribution in [0.2, 0.25) is 5.02 Å². The second-order valence-corrected chi connectivity index (χ2v) is 6.12. The fourth-order valence-electron chi connectivity index (χ4n) is 2.66. The van der Waals surface area contributed by atoms with E-state index in [1.54, 1.807) is 18.7 Å². The van der Waals surface area contributed by atoms with Gasteiger partial charge in [0.15, 0.2) is 5.78 Å². The van der Waals surface area contributed by atoms with Crippen molar-refractivity contribution in [1.29, 1.82) is 0 Å². The molecular formula is C20H15ClN4O. The van der Waals surface area contributed by atoms with Crippen LogP contribution >= 0.6 is 11.6 Å². The van der Waals surface area contributed by atoms with Crippen molar-refractivity contribution in [2.24, 2.45) is 7.05 Å². The second kappa shape index (κ2) is 6.69. The van der Waals surface area contributed by atoms with Crippen molar-refractivity contribution in [2.45, 2.75) is 6.42 Å². The molecule has 5 nitrogen and oxygen atoms in total. The van der Waals surface area contributed by atoms with Crippen LogP contribution < -0.4 is 0 Å². The molecule has 0 radical (unpaired) electrons. The fourth-order valence-corrected chi connectivity index (χ4v) is 2.86. The number of aromatic nitrogens is 4. The van der Waals surface area contributed by atoms with E-state index in [0.717, 1.165) is 16.6 Å². The van der Waals surface area contributed by atoms with Crippen LogP contribution in [0.5, 0.6) is 0 Å². The Kier molecular flexibility index (Phi) is 3.17. The van der Waals surface area contributed by atoms with Crippen molar-refractivity contribution < 1.29 is 10.3 Å². The Morgan fingerprint density at radius 2 is 2.12 bits per heavy atom. The first-order valence-electron chi connectivity index (χ1n) is 9.79. The molecule has 26 heavy (non-hydrogen) atoms. The first-order chi connectivity index (χ1) is 14.3. The van der Waals surface area contributed by atoms with Crippen LogP contribution in [0.4, 0.5) is 0 Å². The van der Waals surface area contributed by atoms with E-state index in [-0.39, 0.29) is 22.8 Å². The van der Waals surface area contributed by atoms with Gasteiger partial charge < -0.3 is 4.57 Å². The highest BCUT2D eigenvalue weighted by Crippen LogP contribution is 2.23. The number of carbonyl (C=O) groups excluding carboxylic acids is 1. The van der Waals surface area contributed by atoms with Gasteiger partial charge in [-0.15, -0.1) is 0 Å². The van der Waals surface area contributed by atoms with Crippen LogP contribution in [0.15, 0.2) is 61.1 Å². The van der Waals surface area contributed by atoms with Crippen molar-refractivity contribution in [2.75, 3.05) is 0 Å². The third-order valence-electron chi connectivity index (χ3n) is 3.98. The molecule has 0 amide bonds. The summed E-state index contributed by atoms with van der Waals surface area (Å²) in [6.45, 7) is 0. The summed E-state index contributed by atoms with van der Waals surface area (Å²) < 4.78 is 33.1. The van der Waals surface area contributed by atoms with Crippen LogP contribution in [-0.2, 0) is 13.5 Å². The van der Waals surface area contributed by atoms with Gasteiger partial charge >= 0.3 is 0 Å². The molecule has 0 unspecified atom stereocenters. The van der Waals surface area contributed by atoms with Gasteiger partial charge in [-0.1, -0.05) is 35.8 Å². The summed E-state index contributed by atoms with van der Waals surface area (Å²) in [5.41, 5.74) is 2.22. The number of halogens is 1. The summed E-state index contributed by atoms with van der Waals surface area (Å²) in [5, 5.41) is 0.502. The maximum absolute atomic E-state index is 12.8. The number of fused-ring (bicyclic) bond motifs is 1. The zero-order valence-corrected chi connectivity index (χ0v) is 14.5. The van der Waals surface area contributed by atoms with Crippen molar-refractivity contribution in [3.05, 3.63) is 77.5 Å². The minimum absolute atomic E-state index is 0.234. The molecule has 2 heterocycles. The molecule has 0 N–H and O–H groups in total. The standard InChI is InChI=1S/C20H15ClN4O/c1-25-12-22-11-18(25)13-6-7-14-10-23-20(24-17(14)8-13)9-19(26)15-4-2-3-5-16(15)21/h2-8,10-12H,9H2,1H3/i2D,3D,4D,5D. The van der Waals surface area contributed by atoms with Gasteiger partial charge in [0.2, 0.25) is 0 Å². The number of hydrogen-bond donors (Lipinski definition) is 0. The molecular weight excluding hydrogens is 348 g/mol. The molecule has 0 aliphatic heterocycles. The van der Waals surface area contributed by atoms with Gasteiger partial charge in [-0.3, -0.25) is 4.79 Å². The minimum Gasteiger partial charge on any atom is -0.334 e. The van der Waals surface area contributed by atoms with Crippen molar-refractivity contribution in [3.8, 4) is 11.3 Å². The molecule has 4 rings (SSSR count). The van der Waals surface area contributed by atoms with Gasteiger partial charge in [-0.25, -0.2) is 15.0 Å². The Bertz CT molecular complexity index is 1290. The lowest BCUT2D eigenvalue weighted by Gasteiger charge is -2.06. The van der Waals surface area contributed by atoms with Gasteiger partial charge in [0.05, 0.1) is 40.7 Å². The first-order valence-corrected chi connectivity index (χ1v) is 8.17. The number of ketones is 1. The van der Waals surface area contributed by atoms with Gasteiger partial charge in [0, 0.05) is 29.8 Å². The number of aryl methyl sites for hydroxylation is 1. The number of nitrogens with zero attached hydrogens (tertiary/aromatic N) is 4. The number of rotatable bonds is 4. The normalized spacial score (nSPS) is 13.2. The number of benzene rings is 2. The highest BCUT2D eigenvalue weighted by Gasteiger charge is 2.13. The Labute approximate surface area is 160 Å². The monoisotopic (exact) mass is 366 g/mol. The summed E-state index contributed by atoms with van der Waals surface area (Å²) in [7, 11) is 1.89. The van der Waals surface area contributed by atoms with Gasteiger partial charge in [-0.05, 0) is 18.2 Å². The lowest BCUT2D eigenvalue weighted by Crippen LogP contribution is -2.07. The van der Waals surface area contributed by atoms with E-state index in [9.17, 15) is 4.79 Å². The molecule has 0 spiro atoms. The summed E-state index contributed by atoms with van der Waals surface area (Å²) >= 11 is 6.04. The molecule has 2 aromatic heterocycles. The van der Waals surface area contributed by atoms with E-state index < -0.39 is 30.0 Å². The van der Waals surface area contributed by atoms with E-state index in [2.05, 4.69) is 15.0 Å².